The van der Waals surface area contributed by atoms with Crippen molar-refractivity contribution < 1.29 is 48.5 Å². The maximum absolute atomic E-state index is 13.2. The molecule has 3 unspecified atom stereocenters. The maximum Gasteiger partial charge on any atom is 0.306 e. The van der Waals surface area contributed by atoms with Crippen LogP contribution in [0.3, 0.4) is 0 Å². The lowest BCUT2D eigenvalue weighted by molar-refractivity contribution is -0.327. The summed E-state index contributed by atoms with van der Waals surface area (Å²) in [5.41, 5.74) is -0.349. The summed E-state index contributed by atoms with van der Waals surface area (Å²) in [5.74, 6) is -1.98. The Kier molecular flexibility index (Phi) is 15.2. The number of hydrogen-bond acceptors (Lipinski definition) is 10. The van der Waals surface area contributed by atoms with Gasteiger partial charge in [-0.05, 0) is 76.9 Å². The number of esters is 1. The van der Waals surface area contributed by atoms with Crippen LogP contribution in [-0.4, -0.2) is 88.8 Å². The minimum absolute atomic E-state index is 0.0226. The summed E-state index contributed by atoms with van der Waals surface area (Å²) in [4.78, 5) is 13.2. The predicted octanol–water partition coefficient (Wildman–Crippen LogP) is 6.55. The summed E-state index contributed by atoms with van der Waals surface area (Å²) in [6, 6.07) is 0. The fourth-order valence-electron chi connectivity index (χ4n) is 7.55. The molecule has 0 aromatic heterocycles. The molecule has 4 rings (SSSR count). The first-order valence-corrected chi connectivity index (χ1v) is 18.9. The van der Waals surface area contributed by atoms with E-state index in [1.54, 1.807) is 6.92 Å². The van der Waals surface area contributed by atoms with Gasteiger partial charge >= 0.3 is 5.97 Å². The van der Waals surface area contributed by atoms with Crippen LogP contribution in [0.15, 0.2) is 36.1 Å². The average Bonchev–Trinajstić information content (AvgIpc) is 3.04. The molecule has 0 aromatic rings. The second-order valence-corrected chi connectivity index (χ2v) is 15.2. The molecule has 3 saturated heterocycles. The maximum atomic E-state index is 13.2. The Labute approximate surface area is 294 Å². The molecule has 0 aliphatic carbocycles. The van der Waals surface area contributed by atoms with E-state index in [4.69, 9.17) is 28.4 Å². The molecule has 280 valence electrons. The molecular weight excluding hydrogens is 628 g/mol. The molecule has 4 aliphatic heterocycles. The third-order valence-electron chi connectivity index (χ3n) is 10.6. The molecule has 0 amide bonds. The van der Waals surface area contributed by atoms with Crippen LogP contribution in [0.1, 0.15) is 131 Å². The van der Waals surface area contributed by atoms with Crippen molar-refractivity contribution in [2.24, 2.45) is 5.41 Å². The topological polar surface area (TPSA) is 133 Å². The number of hydrogen-bond donors (Lipinski definition) is 3. The fourth-order valence-corrected chi connectivity index (χ4v) is 7.55. The molecule has 3 fully saturated rings. The number of aliphatic hydroxyl groups excluding tert-OH is 2. The Balaban J connectivity index is 1.63. The van der Waals surface area contributed by atoms with Crippen molar-refractivity contribution in [1.29, 1.82) is 0 Å². The van der Waals surface area contributed by atoms with Gasteiger partial charge in [-0.3, -0.25) is 4.79 Å². The quantitative estimate of drug-likeness (QED) is 0.146. The van der Waals surface area contributed by atoms with E-state index in [0.29, 0.717) is 25.2 Å². The molecule has 10 nitrogen and oxygen atoms in total. The van der Waals surface area contributed by atoms with Gasteiger partial charge in [0.25, 0.3) is 0 Å². The Morgan fingerprint density at radius 2 is 1.76 bits per heavy atom. The Bertz CT molecular complexity index is 1120. The first kappa shape index (κ1) is 40.0. The second kappa shape index (κ2) is 18.6. The van der Waals surface area contributed by atoms with E-state index in [9.17, 15) is 20.1 Å². The lowest BCUT2D eigenvalue weighted by Gasteiger charge is -2.51. The normalized spacial score (nSPS) is 38.2. The smallest absolute Gasteiger partial charge is 0.306 e. The van der Waals surface area contributed by atoms with Crippen molar-refractivity contribution >= 4 is 5.97 Å². The van der Waals surface area contributed by atoms with Crippen LogP contribution >= 0.6 is 0 Å². The van der Waals surface area contributed by atoms with E-state index in [2.05, 4.69) is 13.5 Å². The number of fused-ring (bicyclic) bond motifs is 6. The van der Waals surface area contributed by atoms with Crippen molar-refractivity contribution in [2.45, 2.75) is 192 Å². The second-order valence-electron chi connectivity index (χ2n) is 15.2. The monoisotopic (exact) mass is 692 g/mol. The third-order valence-corrected chi connectivity index (χ3v) is 10.6. The highest BCUT2D eigenvalue weighted by Crippen LogP contribution is 2.47. The van der Waals surface area contributed by atoms with Crippen molar-refractivity contribution in [3.63, 3.8) is 0 Å². The van der Waals surface area contributed by atoms with Gasteiger partial charge in [0, 0.05) is 24.7 Å². The molecule has 0 radical (unpaired) electrons. The largest absolute Gasteiger partial charge is 0.493 e. The molecule has 49 heavy (non-hydrogen) atoms. The minimum atomic E-state index is -1.97. The zero-order valence-electron chi connectivity index (χ0n) is 30.6. The number of carbonyl (C=O) groups excluding carboxylic acids is 1. The van der Waals surface area contributed by atoms with Gasteiger partial charge in [0.15, 0.2) is 12.4 Å². The van der Waals surface area contributed by atoms with Gasteiger partial charge in [0.05, 0.1) is 49.0 Å². The van der Waals surface area contributed by atoms with E-state index >= 15 is 0 Å². The number of carbonyl (C=O) groups is 1. The zero-order valence-corrected chi connectivity index (χ0v) is 30.6. The number of aliphatic hydroxyl groups is 3. The highest BCUT2D eigenvalue weighted by molar-refractivity contribution is 5.70. The highest BCUT2D eigenvalue weighted by atomic mass is 16.7. The first-order valence-electron chi connectivity index (χ1n) is 18.9. The number of rotatable bonds is 8. The number of ether oxygens (including phenoxy) is 6. The fraction of sp³-hybridized carbons (Fsp3) is 0.821. The van der Waals surface area contributed by atoms with Crippen molar-refractivity contribution in [3.05, 3.63) is 36.1 Å². The van der Waals surface area contributed by atoms with Crippen LogP contribution in [0.25, 0.3) is 0 Å². The van der Waals surface area contributed by atoms with Crippen LogP contribution in [0, 0.1) is 5.41 Å². The first-order chi connectivity index (χ1) is 23.3. The molecule has 10 atom stereocenters. The van der Waals surface area contributed by atoms with Crippen LogP contribution in [0.4, 0.5) is 0 Å². The van der Waals surface area contributed by atoms with Gasteiger partial charge in [-0.2, -0.15) is 0 Å². The van der Waals surface area contributed by atoms with E-state index in [0.717, 1.165) is 69.8 Å². The number of unbranched alkanes of at least 4 members (excludes halogenated alkanes) is 4. The number of allylic oxidation sites excluding steroid dienone is 1. The van der Waals surface area contributed by atoms with Crippen molar-refractivity contribution in [2.75, 3.05) is 6.61 Å². The Hall–Kier alpha value is -1.79. The summed E-state index contributed by atoms with van der Waals surface area (Å²) in [6.45, 7) is 14.0. The van der Waals surface area contributed by atoms with E-state index in [-0.39, 0.29) is 43.5 Å². The summed E-state index contributed by atoms with van der Waals surface area (Å²) < 4.78 is 37.6. The SMILES string of the molecule is C=C1C[C@H](O)C[C@@H]2CCC[C@H](C[C@@H]3CCO[C@H](/C=C/C(C)(C)[C@]4(O)OC(C/C(=C/C)[C@@H]4OC(=O)CCCCCCC)CC(C(C)O)O1)O3)O2. The molecule has 10 heteroatoms. The van der Waals surface area contributed by atoms with Gasteiger partial charge < -0.3 is 43.7 Å². The summed E-state index contributed by atoms with van der Waals surface area (Å²) >= 11 is 0. The summed E-state index contributed by atoms with van der Waals surface area (Å²) in [7, 11) is 0. The highest BCUT2D eigenvalue weighted by Gasteiger charge is 2.57. The summed E-state index contributed by atoms with van der Waals surface area (Å²) in [5, 5.41) is 34.4. The van der Waals surface area contributed by atoms with Gasteiger partial charge in [0.1, 0.15) is 6.10 Å². The molecule has 0 saturated carbocycles. The van der Waals surface area contributed by atoms with Crippen molar-refractivity contribution in [1.82, 2.24) is 0 Å². The molecule has 6 bridgehead atoms. The van der Waals surface area contributed by atoms with Gasteiger partial charge in [0.2, 0.25) is 5.79 Å². The van der Waals surface area contributed by atoms with Crippen molar-refractivity contribution in [3.8, 4) is 0 Å². The molecule has 0 aromatic carbocycles. The lowest BCUT2D eigenvalue weighted by atomic mass is 9.74. The van der Waals surface area contributed by atoms with Gasteiger partial charge in [-0.25, -0.2) is 0 Å². The Morgan fingerprint density at radius 1 is 1.04 bits per heavy atom. The van der Waals surface area contributed by atoms with E-state index in [1.165, 1.54) is 0 Å². The summed E-state index contributed by atoms with van der Waals surface area (Å²) in [6.07, 6.45) is 11.7. The molecule has 3 N–H and O–H groups in total. The molecular formula is C39H64O10. The van der Waals surface area contributed by atoms with Gasteiger partial charge in [-0.1, -0.05) is 65.2 Å². The van der Waals surface area contributed by atoms with Crippen LogP contribution in [-0.2, 0) is 33.2 Å². The van der Waals surface area contributed by atoms with Crippen LogP contribution in [0.5, 0.6) is 0 Å². The molecule has 0 spiro atoms. The third kappa shape index (κ3) is 11.3. The van der Waals surface area contributed by atoms with E-state index < -0.39 is 48.0 Å². The van der Waals surface area contributed by atoms with E-state index in [1.807, 2.05) is 39.0 Å². The zero-order chi connectivity index (χ0) is 35.6. The minimum Gasteiger partial charge on any atom is -0.493 e. The van der Waals surface area contributed by atoms with Crippen LogP contribution < -0.4 is 0 Å². The molecule has 4 aliphatic rings. The predicted molar refractivity (Wildman–Crippen MR) is 186 cm³/mol. The standard InChI is InChI=1S/C39H64O10/c1-7-9-10-11-12-16-35(42)48-37-28(8-2)22-33-25-34(27(4)40)45-26(3)21-29(41)23-30-14-13-15-31(46-30)24-32-18-20-44-36(47-32)17-19-38(5,6)39(37,43)49-33/h8,17,19,27,29-34,36-37,40-41,43H,3,7,9-16,18,20-25H2,1-2,4-6H3/b19-17+,28-8-/t27?,29-,30-,31+,32-,33?,34?,36-,37-,39+/m0/s1. The van der Waals surface area contributed by atoms with Gasteiger partial charge in [-0.15, -0.1) is 0 Å². The average molecular weight is 693 g/mol. The van der Waals surface area contributed by atoms with Crippen LogP contribution in [0.2, 0.25) is 0 Å². The lowest BCUT2D eigenvalue weighted by Crippen LogP contribution is -2.62. The Morgan fingerprint density at radius 3 is 2.47 bits per heavy atom. The molecule has 4 heterocycles.